The Bertz CT molecular complexity index is 369. The van der Waals surface area contributed by atoms with Gasteiger partial charge in [0.2, 0.25) is 0 Å². The van der Waals surface area contributed by atoms with E-state index in [0.29, 0.717) is 5.41 Å². The first-order valence-corrected chi connectivity index (χ1v) is 5.50. The highest BCUT2D eigenvalue weighted by atomic mass is 19.1. The summed E-state index contributed by atoms with van der Waals surface area (Å²) in [4.78, 5) is 0. The van der Waals surface area contributed by atoms with E-state index in [-0.39, 0.29) is 11.9 Å². The maximum atomic E-state index is 13.2. The molecule has 0 aliphatic heterocycles. The van der Waals surface area contributed by atoms with Crippen molar-refractivity contribution < 1.29 is 4.39 Å². The fraction of sp³-hybridized carbons (Fsp3) is 0.538. The molecule has 1 atom stereocenters. The van der Waals surface area contributed by atoms with E-state index in [9.17, 15) is 4.39 Å². The summed E-state index contributed by atoms with van der Waals surface area (Å²) in [7, 11) is 1.96. The van der Waals surface area contributed by atoms with Crippen LogP contribution >= 0.6 is 0 Å². The lowest BCUT2D eigenvalue weighted by atomic mass is 9.89. The van der Waals surface area contributed by atoms with E-state index in [1.807, 2.05) is 20.0 Å². The zero-order valence-electron chi connectivity index (χ0n) is 9.60. The maximum absolute atomic E-state index is 13.2. The minimum Gasteiger partial charge on any atom is -0.313 e. The van der Waals surface area contributed by atoms with E-state index in [1.54, 1.807) is 6.07 Å². The van der Waals surface area contributed by atoms with Gasteiger partial charge in [-0.3, -0.25) is 0 Å². The Morgan fingerprint density at radius 1 is 1.40 bits per heavy atom. The van der Waals surface area contributed by atoms with E-state index >= 15 is 0 Å². The predicted molar refractivity (Wildman–Crippen MR) is 60.3 cm³/mol. The Morgan fingerprint density at radius 2 is 2.07 bits per heavy atom. The minimum atomic E-state index is -0.139. The fourth-order valence-electron chi connectivity index (χ4n) is 2.29. The SMILES string of the molecule is CNC(c1cc(F)ccc1C)C1(C)CC1. The van der Waals surface area contributed by atoms with Gasteiger partial charge >= 0.3 is 0 Å². The molecule has 0 aromatic heterocycles. The van der Waals surface area contributed by atoms with Crippen LogP contribution in [0.3, 0.4) is 0 Å². The molecule has 0 spiro atoms. The molecule has 1 aromatic rings. The van der Waals surface area contributed by atoms with Crippen LogP contribution in [-0.2, 0) is 0 Å². The summed E-state index contributed by atoms with van der Waals surface area (Å²) in [6.07, 6.45) is 2.46. The van der Waals surface area contributed by atoms with Gasteiger partial charge in [0, 0.05) is 6.04 Å². The van der Waals surface area contributed by atoms with Gasteiger partial charge in [-0.2, -0.15) is 0 Å². The third-order valence-electron chi connectivity index (χ3n) is 3.58. The lowest BCUT2D eigenvalue weighted by Crippen LogP contribution is -2.25. The van der Waals surface area contributed by atoms with Crippen molar-refractivity contribution >= 4 is 0 Å². The van der Waals surface area contributed by atoms with Gasteiger partial charge in [0.25, 0.3) is 0 Å². The number of nitrogens with one attached hydrogen (secondary N) is 1. The number of halogens is 1. The van der Waals surface area contributed by atoms with Crippen molar-refractivity contribution in [3.63, 3.8) is 0 Å². The first-order chi connectivity index (χ1) is 7.07. The van der Waals surface area contributed by atoms with Crippen LogP contribution < -0.4 is 5.32 Å². The van der Waals surface area contributed by atoms with Crippen molar-refractivity contribution in [2.24, 2.45) is 5.41 Å². The molecule has 1 nitrogen and oxygen atoms in total. The maximum Gasteiger partial charge on any atom is 0.123 e. The van der Waals surface area contributed by atoms with Crippen molar-refractivity contribution in [1.82, 2.24) is 5.32 Å². The molecule has 2 rings (SSSR count). The molecule has 1 saturated carbocycles. The Balaban J connectivity index is 2.37. The number of hydrogen-bond donors (Lipinski definition) is 1. The second kappa shape index (κ2) is 3.60. The molecule has 0 radical (unpaired) electrons. The second-order valence-corrected chi connectivity index (χ2v) is 4.88. The molecule has 0 saturated heterocycles. The van der Waals surface area contributed by atoms with Gasteiger partial charge in [0.1, 0.15) is 5.82 Å². The lowest BCUT2D eigenvalue weighted by Gasteiger charge is -2.25. The zero-order valence-corrected chi connectivity index (χ0v) is 9.60. The topological polar surface area (TPSA) is 12.0 Å². The molecule has 15 heavy (non-hydrogen) atoms. The van der Waals surface area contributed by atoms with Crippen molar-refractivity contribution in [2.75, 3.05) is 7.05 Å². The van der Waals surface area contributed by atoms with E-state index < -0.39 is 0 Å². The van der Waals surface area contributed by atoms with Gasteiger partial charge in [0.05, 0.1) is 0 Å². The van der Waals surface area contributed by atoms with Crippen LogP contribution in [0.2, 0.25) is 0 Å². The lowest BCUT2D eigenvalue weighted by molar-refractivity contribution is 0.387. The predicted octanol–water partition coefficient (Wildman–Crippen LogP) is 3.19. The van der Waals surface area contributed by atoms with E-state index in [2.05, 4.69) is 12.2 Å². The average molecular weight is 207 g/mol. The Morgan fingerprint density at radius 3 is 2.60 bits per heavy atom. The van der Waals surface area contributed by atoms with E-state index in [1.165, 1.54) is 24.5 Å². The monoisotopic (exact) mass is 207 g/mol. The van der Waals surface area contributed by atoms with Crippen LogP contribution in [0.5, 0.6) is 0 Å². The van der Waals surface area contributed by atoms with Crippen molar-refractivity contribution in [1.29, 1.82) is 0 Å². The first-order valence-electron chi connectivity index (χ1n) is 5.50. The summed E-state index contributed by atoms with van der Waals surface area (Å²) >= 11 is 0. The Hall–Kier alpha value is -0.890. The highest BCUT2D eigenvalue weighted by Gasteiger charge is 2.45. The quantitative estimate of drug-likeness (QED) is 0.802. The summed E-state index contributed by atoms with van der Waals surface area (Å²) in [6.45, 7) is 4.31. The molecular formula is C13H18FN. The average Bonchev–Trinajstić information content (AvgIpc) is 2.92. The molecule has 2 heteroatoms. The standard InChI is InChI=1S/C13H18FN/c1-9-4-5-10(14)8-11(9)12(15-3)13(2)6-7-13/h4-5,8,12,15H,6-7H2,1-3H3. The molecule has 1 N–H and O–H groups in total. The highest BCUT2D eigenvalue weighted by Crippen LogP contribution is 2.54. The number of benzene rings is 1. The third kappa shape index (κ3) is 1.91. The van der Waals surface area contributed by atoms with Gasteiger partial charge in [0.15, 0.2) is 0 Å². The number of hydrogen-bond acceptors (Lipinski definition) is 1. The highest BCUT2D eigenvalue weighted by molar-refractivity contribution is 5.32. The van der Waals surface area contributed by atoms with Gasteiger partial charge in [-0.25, -0.2) is 4.39 Å². The Labute approximate surface area is 90.7 Å². The van der Waals surface area contributed by atoms with Crippen molar-refractivity contribution in [3.8, 4) is 0 Å². The molecule has 0 bridgehead atoms. The first kappa shape index (κ1) is 10.6. The fourth-order valence-corrected chi connectivity index (χ4v) is 2.29. The Kier molecular flexibility index (Phi) is 2.55. The summed E-state index contributed by atoms with van der Waals surface area (Å²) < 4.78 is 13.2. The molecule has 0 heterocycles. The number of aryl methyl sites for hydroxylation is 1. The summed E-state index contributed by atoms with van der Waals surface area (Å²) in [6, 6.07) is 5.34. The van der Waals surface area contributed by atoms with Crippen LogP contribution in [0.25, 0.3) is 0 Å². The smallest absolute Gasteiger partial charge is 0.123 e. The van der Waals surface area contributed by atoms with Crippen LogP contribution in [-0.4, -0.2) is 7.05 Å². The van der Waals surface area contributed by atoms with E-state index in [0.717, 1.165) is 5.56 Å². The second-order valence-electron chi connectivity index (χ2n) is 4.88. The van der Waals surface area contributed by atoms with Gasteiger partial charge < -0.3 is 5.32 Å². The van der Waals surface area contributed by atoms with Gasteiger partial charge in [-0.15, -0.1) is 0 Å². The largest absolute Gasteiger partial charge is 0.313 e. The van der Waals surface area contributed by atoms with Crippen LogP contribution in [0, 0.1) is 18.2 Å². The summed E-state index contributed by atoms with van der Waals surface area (Å²) in [5, 5.41) is 3.32. The van der Waals surface area contributed by atoms with Crippen LogP contribution in [0.4, 0.5) is 4.39 Å². The molecule has 1 unspecified atom stereocenters. The normalized spacial score (nSPS) is 20.0. The molecule has 1 aliphatic rings. The minimum absolute atomic E-state index is 0.139. The number of rotatable bonds is 3. The summed E-state index contributed by atoms with van der Waals surface area (Å²) in [5.74, 6) is -0.139. The molecule has 1 aliphatic carbocycles. The molecule has 1 aromatic carbocycles. The molecule has 82 valence electrons. The molecule has 0 amide bonds. The third-order valence-corrected chi connectivity index (χ3v) is 3.58. The van der Waals surface area contributed by atoms with Crippen LogP contribution in [0.1, 0.15) is 36.9 Å². The van der Waals surface area contributed by atoms with Gasteiger partial charge in [-0.05, 0) is 55.5 Å². The van der Waals surface area contributed by atoms with Gasteiger partial charge in [-0.1, -0.05) is 13.0 Å². The molecule has 1 fully saturated rings. The molecular weight excluding hydrogens is 189 g/mol. The summed E-state index contributed by atoms with van der Waals surface area (Å²) in [5.41, 5.74) is 2.61. The zero-order chi connectivity index (χ0) is 11.1. The van der Waals surface area contributed by atoms with Crippen molar-refractivity contribution in [3.05, 3.63) is 35.1 Å². The van der Waals surface area contributed by atoms with Crippen molar-refractivity contribution in [2.45, 2.75) is 32.7 Å². The van der Waals surface area contributed by atoms with E-state index in [4.69, 9.17) is 0 Å². The van der Waals surface area contributed by atoms with Crippen LogP contribution in [0.15, 0.2) is 18.2 Å².